The SMILES string of the molecule is CCN(CC)C(C)CNC(=O)c1cccc(NS(=O)(=O)c2ccccc2)c1. The van der Waals surface area contributed by atoms with Crippen LogP contribution in [0.15, 0.2) is 59.5 Å². The van der Waals surface area contributed by atoms with Gasteiger partial charge in [0.1, 0.15) is 0 Å². The van der Waals surface area contributed by atoms with Gasteiger partial charge in [-0.1, -0.05) is 38.1 Å². The molecule has 2 aromatic carbocycles. The van der Waals surface area contributed by atoms with Crippen LogP contribution < -0.4 is 10.0 Å². The fourth-order valence-corrected chi connectivity index (χ4v) is 3.93. The number of likely N-dealkylation sites (N-methyl/N-ethyl adjacent to an activating group) is 1. The number of hydrogen-bond donors (Lipinski definition) is 2. The molecule has 0 heterocycles. The molecule has 0 aliphatic carbocycles. The molecule has 0 spiro atoms. The van der Waals surface area contributed by atoms with Gasteiger partial charge >= 0.3 is 0 Å². The van der Waals surface area contributed by atoms with Crippen molar-refractivity contribution in [2.24, 2.45) is 0 Å². The van der Waals surface area contributed by atoms with Gasteiger partial charge in [0.25, 0.3) is 15.9 Å². The van der Waals surface area contributed by atoms with Crippen molar-refractivity contribution in [3.63, 3.8) is 0 Å². The van der Waals surface area contributed by atoms with Crippen LogP contribution in [0.3, 0.4) is 0 Å². The van der Waals surface area contributed by atoms with Crippen LogP contribution in [0, 0.1) is 0 Å². The second-order valence-corrected chi connectivity index (χ2v) is 7.96. The van der Waals surface area contributed by atoms with E-state index in [1.54, 1.807) is 36.4 Å². The first-order valence-electron chi connectivity index (χ1n) is 9.07. The summed E-state index contributed by atoms with van der Waals surface area (Å²) in [4.78, 5) is 14.9. The van der Waals surface area contributed by atoms with Crippen LogP contribution in [0.1, 0.15) is 31.1 Å². The van der Waals surface area contributed by atoms with Crippen molar-refractivity contribution in [1.29, 1.82) is 0 Å². The molecule has 0 saturated carbocycles. The summed E-state index contributed by atoms with van der Waals surface area (Å²) in [5.41, 5.74) is 0.762. The molecule has 2 rings (SSSR count). The Balaban J connectivity index is 2.05. The number of sulfonamides is 1. The summed E-state index contributed by atoms with van der Waals surface area (Å²) in [6.45, 7) is 8.61. The van der Waals surface area contributed by atoms with E-state index >= 15 is 0 Å². The van der Waals surface area contributed by atoms with Gasteiger partial charge in [-0.3, -0.25) is 14.4 Å². The van der Waals surface area contributed by atoms with Crippen LogP contribution >= 0.6 is 0 Å². The van der Waals surface area contributed by atoms with Gasteiger partial charge in [-0.25, -0.2) is 8.42 Å². The molecule has 146 valence electrons. The van der Waals surface area contributed by atoms with Crippen LogP contribution in [-0.2, 0) is 10.0 Å². The predicted molar refractivity (Wildman–Crippen MR) is 108 cm³/mol. The fraction of sp³-hybridized carbons (Fsp3) is 0.350. The van der Waals surface area contributed by atoms with Crippen LogP contribution in [0.4, 0.5) is 5.69 Å². The monoisotopic (exact) mass is 389 g/mol. The van der Waals surface area contributed by atoms with Crippen molar-refractivity contribution in [1.82, 2.24) is 10.2 Å². The Bertz CT molecular complexity index is 850. The molecule has 27 heavy (non-hydrogen) atoms. The highest BCUT2D eigenvalue weighted by Gasteiger charge is 2.15. The number of carbonyl (C=O) groups excluding carboxylic acids is 1. The molecule has 0 aliphatic heterocycles. The summed E-state index contributed by atoms with van der Waals surface area (Å²) in [5, 5.41) is 2.91. The third-order valence-corrected chi connectivity index (χ3v) is 5.82. The first kappa shape index (κ1) is 20.9. The lowest BCUT2D eigenvalue weighted by molar-refractivity contribution is 0.0938. The number of nitrogens with zero attached hydrogens (tertiary/aromatic N) is 1. The standard InChI is InChI=1S/C20H27N3O3S/c1-4-23(5-2)16(3)15-21-20(24)17-10-9-11-18(14-17)22-27(25,26)19-12-7-6-8-13-19/h6-14,16,22H,4-5,15H2,1-3H3,(H,21,24). The zero-order chi connectivity index (χ0) is 19.9. The topological polar surface area (TPSA) is 78.5 Å². The van der Waals surface area contributed by atoms with Gasteiger partial charge in [0.15, 0.2) is 0 Å². The number of carbonyl (C=O) groups is 1. The van der Waals surface area contributed by atoms with Crippen LogP contribution in [-0.4, -0.2) is 44.9 Å². The van der Waals surface area contributed by atoms with Gasteiger partial charge in [-0.2, -0.15) is 0 Å². The lowest BCUT2D eigenvalue weighted by atomic mass is 10.2. The number of hydrogen-bond acceptors (Lipinski definition) is 4. The molecule has 1 amide bonds. The van der Waals surface area contributed by atoms with E-state index < -0.39 is 10.0 Å². The molecule has 1 unspecified atom stereocenters. The van der Waals surface area contributed by atoms with E-state index in [9.17, 15) is 13.2 Å². The van der Waals surface area contributed by atoms with Crippen molar-refractivity contribution >= 4 is 21.6 Å². The summed E-state index contributed by atoms with van der Waals surface area (Å²) in [5.74, 6) is -0.227. The molecular weight excluding hydrogens is 362 g/mol. The quantitative estimate of drug-likeness (QED) is 0.691. The molecule has 0 bridgehead atoms. The minimum atomic E-state index is -3.69. The Morgan fingerprint density at radius 1 is 1.04 bits per heavy atom. The normalized spacial score (nSPS) is 12.6. The van der Waals surface area contributed by atoms with Crippen LogP contribution in [0.2, 0.25) is 0 Å². The second kappa shape index (κ2) is 9.53. The maximum absolute atomic E-state index is 12.4. The third kappa shape index (κ3) is 5.80. The van der Waals surface area contributed by atoms with Gasteiger partial charge in [0, 0.05) is 23.8 Å². The molecule has 0 radical (unpaired) electrons. The molecule has 2 N–H and O–H groups in total. The van der Waals surface area contributed by atoms with Crippen LogP contribution in [0.25, 0.3) is 0 Å². The molecule has 0 saturated heterocycles. The predicted octanol–water partition coefficient (Wildman–Crippen LogP) is 2.95. The van der Waals surface area contributed by atoms with Gasteiger partial charge < -0.3 is 5.32 Å². The maximum atomic E-state index is 12.4. The molecule has 7 heteroatoms. The molecule has 6 nitrogen and oxygen atoms in total. The summed E-state index contributed by atoms with van der Waals surface area (Å²) in [6.07, 6.45) is 0. The number of amides is 1. The maximum Gasteiger partial charge on any atom is 0.261 e. The third-order valence-electron chi connectivity index (χ3n) is 4.42. The largest absolute Gasteiger partial charge is 0.350 e. The Hall–Kier alpha value is -2.38. The van der Waals surface area contributed by atoms with Crippen LogP contribution in [0.5, 0.6) is 0 Å². The second-order valence-electron chi connectivity index (χ2n) is 6.28. The Labute approximate surface area is 161 Å². The van der Waals surface area contributed by atoms with Crippen molar-refractivity contribution in [2.45, 2.75) is 31.7 Å². The molecule has 0 fully saturated rings. The van der Waals surface area contributed by atoms with E-state index in [2.05, 4.69) is 35.7 Å². The lowest BCUT2D eigenvalue weighted by Gasteiger charge is -2.26. The minimum Gasteiger partial charge on any atom is -0.350 e. The smallest absolute Gasteiger partial charge is 0.261 e. The highest BCUT2D eigenvalue weighted by atomic mass is 32.2. The summed E-state index contributed by atoms with van der Waals surface area (Å²) in [7, 11) is -3.69. The highest BCUT2D eigenvalue weighted by Crippen LogP contribution is 2.17. The van der Waals surface area contributed by atoms with E-state index in [1.165, 1.54) is 18.2 Å². The number of nitrogens with one attached hydrogen (secondary N) is 2. The summed E-state index contributed by atoms with van der Waals surface area (Å²) >= 11 is 0. The zero-order valence-electron chi connectivity index (χ0n) is 16.0. The first-order valence-corrected chi connectivity index (χ1v) is 10.6. The number of anilines is 1. The van der Waals surface area contributed by atoms with Gasteiger partial charge in [-0.05, 0) is 50.3 Å². The van der Waals surface area contributed by atoms with E-state index in [1.807, 2.05) is 0 Å². The van der Waals surface area contributed by atoms with Crippen molar-refractivity contribution < 1.29 is 13.2 Å². The average Bonchev–Trinajstić information content (AvgIpc) is 2.67. The van der Waals surface area contributed by atoms with Crippen molar-refractivity contribution in [3.05, 3.63) is 60.2 Å². The molecule has 0 aliphatic rings. The fourth-order valence-electron chi connectivity index (χ4n) is 2.86. The van der Waals surface area contributed by atoms with Crippen molar-refractivity contribution in [3.8, 4) is 0 Å². The van der Waals surface area contributed by atoms with Gasteiger partial charge in [-0.15, -0.1) is 0 Å². The van der Waals surface area contributed by atoms with Gasteiger partial charge in [0.05, 0.1) is 4.90 Å². The lowest BCUT2D eigenvalue weighted by Crippen LogP contribution is -2.42. The van der Waals surface area contributed by atoms with Gasteiger partial charge in [0.2, 0.25) is 0 Å². The summed E-state index contributed by atoms with van der Waals surface area (Å²) < 4.78 is 27.4. The number of benzene rings is 2. The van der Waals surface area contributed by atoms with E-state index in [0.29, 0.717) is 17.8 Å². The Morgan fingerprint density at radius 3 is 2.33 bits per heavy atom. The molecular formula is C20H27N3O3S. The molecule has 0 aromatic heterocycles. The van der Waals surface area contributed by atoms with Crippen molar-refractivity contribution in [2.75, 3.05) is 24.4 Å². The number of rotatable bonds is 9. The minimum absolute atomic E-state index is 0.174. The molecule has 2 aromatic rings. The Morgan fingerprint density at radius 2 is 1.70 bits per heavy atom. The summed E-state index contributed by atoms with van der Waals surface area (Å²) in [6, 6.07) is 14.8. The molecule has 1 atom stereocenters. The highest BCUT2D eigenvalue weighted by molar-refractivity contribution is 7.92. The van der Waals surface area contributed by atoms with E-state index in [0.717, 1.165) is 13.1 Å². The average molecular weight is 390 g/mol. The zero-order valence-corrected chi connectivity index (χ0v) is 16.8. The first-order chi connectivity index (χ1) is 12.9. The van der Waals surface area contributed by atoms with E-state index in [4.69, 9.17) is 0 Å². The van der Waals surface area contributed by atoms with E-state index in [-0.39, 0.29) is 16.8 Å². The Kier molecular flexibility index (Phi) is 7.38.